The lowest BCUT2D eigenvalue weighted by molar-refractivity contribution is 0.785. The van der Waals surface area contributed by atoms with Gasteiger partial charge < -0.3 is 10.3 Å². The second-order valence-electron chi connectivity index (χ2n) is 4.59. The maximum Gasteiger partial charge on any atom is 0.174 e. The summed E-state index contributed by atoms with van der Waals surface area (Å²) in [4.78, 5) is 13.3. The Morgan fingerprint density at radius 3 is 2.78 bits per heavy atom. The predicted octanol–water partition coefficient (Wildman–Crippen LogP) is 2.13. The van der Waals surface area contributed by atoms with Gasteiger partial charge in [0.05, 0.1) is 0 Å². The summed E-state index contributed by atoms with van der Waals surface area (Å²) in [6.45, 7) is 1.96. The zero-order valence-corrected chi connectivity index (χ0v) is 11.2. The van der Waals surface area contributed by atoms with Crippen LogP contribution in [-0.4, -0.2) is 19.5 Å². The van der Waals surface area contributed by atoms with Crippen LogP contribution in [0.25, 0.3) is 0 Å². The number of imidazole rings is 1. The minimum atomic E-state index is 0.508. The predicted molar refractivity (Wildman–Crippen MR) is 70.5 cm³/mol. The quantitative estimate of drug-likeness (QED) is 0.857. The van der Waals surface area contributed by atoms with Crippen LogP contribution in [-0.2, 0) is 7.05 Å². The molecule has 1 aliphatic rings. The van der Waals surface area contributed by atoms with Crippen LogP contribution in [0.15, 0.2) is 22.6 Å². The Morgan fingerprint density at radius 2 is 2.17 bits per heavy atom. The highest BCUT2D eigenvalue weighted by Crippen LogP contribution is 2.40. The number of aromatic nitrogens is 4. The average Bonchev–Trinajstić information content (AvgIpc) is 3.11. The normalized spacial score (nSPS) is 15.0. The van der Waals surface area contributed by atoms with Gasteiger partial charge in [-0.1, -0.05) is 0 Å². The zero-order valence-electron chi connectivity index (χ0n) is 10.4. The summed E-state index contributed by atoms with van der Waals surface area (Å²) in [6.07, 6.45) is 6.05. The molecular weight excluding hydrogens is 246 g/mol. The van der Waals surface area contributed by atoms with E-state index in [1.165, 1.54) is 12.8 Å². The minimum Gasteiger partial charge on any atom is -0.383 e. The van der Waals surface area contributed by atoms with Gasteiger partial charge in [-0.05, 0) is 31.5 Å². The maximum absolute atomic E-state index is 5.96. The van der Waals surface area contributed by atoms with Crippen molar-refractivity contribution in [2.75, 3.05) is 5.73 Å². The number of nitrogen functional groups attached to an aromatic ring is 1. The number of aryl methyl sites for hydroxylation is 1. The van der Waals surface area contributed by atoms with Gasteiger partial charge in [-0.25, -0.2) is 15.0 Å². The molecule has 0 unspecified atom stereocenters. The summed E-state index contributed by atoms with van der Waals surface area (Å²) in [6, 6.07) is 0. The highest BCUT2D eigenvalue weighted by atomic mass is 32.2. The van der Waals surface area contributed by atoms with E-state index in [4.69, 9.17) is 5.73 Å². The van der Waals surface area contributed by atoms with Crippen molar-refractivity contribution in [3.8, 4) is 0 Å². The van der Waals surface area contributed by atoms with Crippen molar-refractivity contribution in [1.82, 2.24) is 19.5 Å². The molecule has 0 atom stereocenters. The van der Waals surface area contributed by atoms with Crippen molar-refractivity contribution in [3.05, 3.63) is 23.8 Å². The van der Waals surface area contributed by atoms with E-state index >= 15 is 0 Å². The standard InChI is InChI=1S/C12H15N5S/c1-7-9(13)15-10(8-3-4-8)16-11(7)18-12-14-5-6-17(12)2/h5-6,8H,3-4H2,1-2H3,(H2,13,15,16). The van der Waals surface area contributed by atoms with Crippen molar-refractivity contribution in [2.24, 2.45) is 7.05 Å². The summed E-state index contributed by atoms with van der Waals surface area (Å²) < 4.78 is 1.97. The van der Waals surface area contributed by atoms with Crippen LogP contribution in [0.5, 0.6) is 0 Å². The monoisotopic (exact) mass is 261 g/mol. The van der Waals surface area contributed by atoms with E-state index < -0.39 is 0 Å². The Hall–Kier alpha value is -1.56. The molecule has 2 aromatic rings. The third-order valence-electron chi connectivity index (χ3n) is 3.06. The van der Waals surface area contributed by atoms with E-state index in [0.717, 1.165) is 21.6 Å². The third kappa shape index (κ3) is 2.08. The van der Waals surface area contributed by atoms with Gasteiger partial charge in [-0.15, -0.1) is 0 Å². The Morgan fingerprint density at radius 1 is 1.39 bits per heavy atom. The van der Waals surface area contributed by atoms with E-state index in [9.17, 15) is 0 Å². The molecule has 2 N–H and O–H groups in total. The van der Waals surface area contributed by atoms with E-state index in [1.807, 2.05) is 24.7 Å². The van der Waals surface area contributed by atoms with Crippen molar-refractivity contribution >= 4 is 17.6 Å². The van der Waals surface area contributed by atoms with Crippen LogP contribution in [0.1, 0.15) is 30.1 Å². The molecule has 0 spiro atoms. The van der Waals surface area contributed by atoms with E-state index in [-0.39, 0.29) is 0 Å². The smallest absolute Gasteiger partial charge is 0.174 e. The Balaban J connectivity index is 1.97. The van der Waals surface area contributed by atoms with Gasteiger partial charge >= 0.3 is 0 Å². The zero-order chi connectivity index (χ0) is 12.7. The van der Waals surface area contributed by atoms with Crippen LogP contribution in [0.3, 0.4) is 0 Å². The van der Waals surface area contributed by atoms with Crippen molar-refractivity contribution in [2.45, 2.75) is 35.9 Å². The van der Waals surface area contributed by atoms with Gasteiger partial charge in [0.15, 0.2) is 5.16 Å². The minimum absolute atomic E-state index is 0.508. The Kier molecular flexibility index (Phi) is 2.74. The summed E-state index contributed by atoms with van der Waals surface area (Å²) in [5.74, 6) is 1.98. The largest absolute Gasteiger partial charge is 0.383 e. The van der Waals surface area contributed by atoms with Crippen LogP contribution in [0.2, 0.25) is 0 Å². The van der Waals surface area contributed by atoms with E-state index in [2.05, 4.69) is 15.0 Å². The molecule has 1 fully saturated rings. The van der Waals surface area contributed by atoms with Gasteiger partial charge in [0, 0.05) is 30.9 Å². The number of nitrogens with two attached hydrogens (primary N) is 1. The fourth-order valence-electron chi connectivity index (χ4n) is 1.69. The molecule has 1 saturated carbocycles. The average molecular weight is 261 g/mol. The third-order valence-corrected chi connectivity index (χ3v) is 4.23. The van der Waals surface area contributed by atoms with Crippen molar-refractivity contribution < 1.29 is 0 Å². The highest BCUT2D eigenvalue weighted by molar-refractivity contribution is 7.99. The molecule has 2 aromatic heterocycles. The number of rotatable bonds is 3. The molecule has 0 bridgehead atoms. The maximum atomic E-state index is 5.96. The second kappa shape index (κ2) is 4.28. The number of anilines is 1. The fourth-order valence-corrected chi connectivity index (χ4v) is 2.58. The van der Waals surface area contributed by atoms with Crippen molar-refractivity contribution in [3.63, 3.8) is 0 Å². The molecule has 3 rings (SSSR count). The highest BCUT2D eigenvalue weighted by Gasteiger charge is 2.28. The number of hydrogen-bond acceptors (Lipinski definition) is 5. The molecule has 18 heavy (non-hydrogen) atoms. The van der Waals surface area contributed by atoms with E-state index in [1.54, 1.807) is 18.0 Å². The Bertz CT molecular complexity index is 588. The Labute approximate surface area is 110 Å². The van der Waals surface area contributed by atoms with Gasteiger partial charge in [0.1, 0.15) is 16.7 Å². The molecule has 0 saturated heterocycles. The summed E-state index contributed by atoms with van der Waals surface area (Å²) in [5, 5.41) is 1.83. The van der Waals surface area contributed by atoms with Crippen LogP contribution >= 0.6 is 11.8 Å². The molecule has 5 nitrogen and oxygen atoms in total. The lowest BCUT2D eigenvalue weighted by Gasteiger charge is -2.08. The number of nitrogens with zero attached hydrogens (tertiary/aromatic N) is 4. The lowest BCUT2D eigenvalue weighted by atomic mass is 10.3. The van der Waals surface area contributed by atoms with Crippen LogP contribution in [0, 0.1) is 6.92 Å². The first-order valence-corrected chi connectivity index (χ1v) is 6.76. The topological polar surface area (TPSA) is 69.6 Å². The molecule has 0 aliphatic heterocycles. The van der Waals surface area contributed by atoms with Crippen molar-refractivity contribution in [1.29, 1.82) is 0 Å². The summed E-state index contributed by atoms with van der Waals surface area (Å²) in [7, 11) is 1.97. The molecule has 0 amide bonds. The van der Waals surface area contributed by atoms with Gasteiger partial charge in [0.25, 0.3) is 0 Å². The van der Waals surface area contributed by atoms with Gasteiger partial charge in [-0.3, -0.25) is 0 Å². The molecular formula is C12H15N5S. The molecule has 1 aliphatic carbocycles. The van der Waals surface area contributed by atoms with Gasteiger partial charge in [0.2, 0.25) is 0 Å². The second-order valence-corrected chi connectivity index (χ2v) is 5.55. The fraction of sp³-hybridized carbons (Fsp3) is 0.417. The molecule has 6 heteroatoms. The first-order valence-electron chi connectivity index (χ1n) is 5.94. The van der Waals surface area contributed by atoms with Gasteiger partial charge in [-0.2, -0.15) is 0 Å². The molecule has 94 valence electrons. The summed E-state index contributed by atoms with van der Waals surface area (Å²) >= 11 is 1.54. The molecule has 0 radical (unpaired) electrons. The lowest BCUT2D eigenvalue weighted by Crippen LogP contribution is -2.04. The summed E-state index contributed by atoms with van der Waals surface area (Å²) in [5.41, 5.74) is 6.90. The number of hydrogen-bond donors (Lipinski definition) is 1. The van der Waals surface area contributed by atoms with Crippen LogP contribution < -0.4 is 5.73 Å². The molecule has 2 heterocycles. The first-order chi connectivity index (χ1) is 8.65. The first kappa shape index (κ1) is 11.5. The SMILES string of the molecule is Cc1c(N)nc(C2CC2)nc1Sc1nccn1C. The van der Waals surface area contributed by atoms with E-state index in [0.29, 0.717) is 11.7 Å². The van der Waals surface area contributed by atoms with Crippen LogP contribution in [0.4, 0.5) is 5.82 Å². The molecule has 0 aromatic carbocycles.